The van der Waals surface area contributed by atoms with Crippen molar-refractivity contribution in [3.05, 3.63) is 34.9 Å². The smallest absolute Gasteiger partial charge is 0.307 e. The molecule has 0 saturated carbocycles. The maximum atomic E-state index is 11.0. The van der Waals surface area contributed by atoms with Crippen LogP contribution < -0.4 is 5.32 Å². The Labute approximate surface area is 102 Å². The molecule has 1 saturated heterocycles. The zero-order chi connectivity index (χ0) is 12.4. The number of benzene rings is 1. The number of nitrogens with one attached hydrogen (secondary N) is 1. The van der Waals surface area contributed by atoms with Crippen molar-refractivity contribution in [1.29, 1.82) is 0 Å². The highest BCUT2D eigenvalue weighted by Gasteiger charge is 2.30. The van der Waals surface area contributed by atoms with Crippen molar-refractivity contribution >= 4 is 5.97 Å². The first-order valence-electron chi connectivity index (χ1n) is 6.17. The molecule has 2 N–H and O–H groups in total. The molecule has 3 nitrogen and oxygen atoms in total. The van der Waals surface area contributed by atoms with Crippen molar-refractivity contribution in [2.45, 2.75) is 32.7 Å². The van der Waals surface area contributed by atoms with E-state index >= 15 is 0 Å². The van der Waals surface area contributed by atoms with Crippen LogP contribution in [0, 0.1) is 12.8 Å². The summed E-state index contributed by atoms with van der Waals surface area (Å²) < 4.78 is 0. The minimum absolute atomic E-state index is 0.200. The van der Waals surface area contributed by atoms with Crippen molar-refractivity contribution in [2.75, 3.05) is 6.54 Å². The van der Waals surface area contributed by atoms with Gasteiger partial charge in [-0.2, -0.15) is 0 Å². The fourth-order valence-corrected chi connectivity index (χ4v) is 2.52. The predicted octanol–water partition coefficient (Wildman–Crippen LogP) is 2.29. The fourth-order valence-electron chi connectivity index (χ4n) is 2.52. The standard InChI is InChI=1S/C14H19NO2/c1-3-10-5-4-9(2)6-12(10)13-7-11(8-15-13)14(16)17/h4-6,11,13,15H,3,7-8H2,1-2H3,(H,16,17). The van der Waals surface area contributed by atoms with Gasteiger partial charge in [0.1, 0.15) is 0 Å². The maximum absolute atomic E-state index is 11.0. The number of rotatable bonds is 3. The highest BCUT2D eigenvalue weighted by atomic mass is 16.4. The molecule has 0 radical (unpaired) electrons. The number of hydrogen-bond donors (Lipinski definition) is 2. The van der Waals surface area contributed by atoms with E-state index in [9.17, 15) is 4.79 Å². The van der Waals surface area contributed by atoms with Gasteiger partial charge >= 0.3 is 5.97 Å². The molecule has 2 rings (SSSR count). The summed E-state index contributed by atoms with van der Waals surface area (Å²) in [4.78, 5) is 11.0. The molecule has 1 aliphatic rings. The van der Waals surface area contributed by atoms with Gasteiger partial charge in [-0.05, 0) is 30.9 Å². The Bertz CT molecular complexity index is 428. The second-order valence-electron chi connectivity index (χ2n) is 4.79. The lowest BCUT2D eigenvalue weighted by Gasteiger charge is -2.16. The largest absolute Gasteiger partial charge is 0.481 e. The molecule has 0 bridgehead atoms. The zero-order valence-electron chi connectivity index (χ0n) is 10.4. The molecule has 0 spiro atoms. The van der Waals surface area contributed by atoms with Crippen molar-refractivity contribution in [3.63, 3.8) is 0 Å². The van der Waals surface area contributed by atoms with Gasteiger partial charge in [0.25, 0.3) is 0 Å². The number of aliphatic carboxylic acids is 1. The average Bonchev–Trinajstić information content (AvgIpc) is 2.78. The minimum atomic E-state index is -0.689. The molecular formula is C14H19NO2. The summed E-state index contributed by atoms with van der Waals surface area (Å²) in [5, 5.41) is 12.3. The first-order chi connectivity index (χ1) is 8.11. The van der Waals surface area contributed by atoms with Gasteiger partial charge in [0, 0.05) is 12.6 Å². The Kier molecular flexibility index (Phi) is 3.48. The van der Waals surface area contributed by atoms with Gasteiger partial charge in [-0.3, -0.25) is 4.79 Å². The summed E-state index contributed by atoms with van der Waals surface area (Å²) in [5.74, 6) is -0.934. The van der Waals surface area contributed by atoms with E-state index < -0.39 is 5.97 Å². The van der Waals surface area contributed by atoms with Gasteiger partial charge in [0.2, 0.25) is 0 Å². The zero-order valence-corrected chi connectivity index (χ0v) is 10.4. The Morgan fingerprint density at radius 3 is 2.88 bits per heavy atom. The Morgan fingerprint density at radius 1 is 1.53 bits per heavy atom. The van der Waals surface area contributed by atoms with E-state index in [2.05, 4.69) is 37.4 Å². The summed E-state index contributed by atoms with van der Waals surface area (Å²) in [5.41, 5.74) is 3.83. The lowest BCUT2D eigenvalue weighted by atomic mass is 9.93. The number of carboxylic acids is 1. The normalized spacial score (nSPS) is 23.9. The van der Waals surface area contributed by atoms with E-state index in [0.717, 1.165) is 6.42 Å². The average molecular weight is 233 g/mol. The molecule has 1 aromatic carbocycles. The summed E-state index contributed by atoms with van der Waals surface area (Å²) in [6.07, 6.45) is 1.69. The molecule has 0 aromatic heterocycles. The van der Waals surface area contributed by atoms with Crippen LogP contribution in [0.25, 0.3) is 0 Å². The van der Waals surface area contributed by atoms with Crippen LogP contribution in [-0.4, -0.2) is 17.6 Å². The Morgan fingerprint density at radius 2 is 2.29 bits per heavy atom. The topological polar surface area (TPSA) is 49.3 Å². The third-order valence-electron chi connectivity index (χ3n) is 3.54. The van der Waals surface area contributed by atoms with E-state index in [-0.39, 0.29) is 12.0 Å². The number of hydrogen-bond acceptors (Lipinski definition) is 2. The molecule has 2 atom stereocenters. The summed E-state index contributed by atoms with van der Waals surface area (Å²) >= 11 is 0. The maximum Gasteiger partial charge on any atom is 0.307 e. The lowest BCUT2D eigenvalue weighted by Crippen LogP contribution is -2.17. The minimum Gasteiger partial charge on any atom is -0.481 e. The van der Waals surface area contributed by atoms with Crippen molar-refractivity contribution < 1.29 is 9.90 Å². The molecule has 0 amide bonds. The van der Waals surface area contributed by atoms with E-state index in [1.165, 1.54) is 16.7 Å². The molecule has 1 aromatic rings. The molecule has 1 heterocycles. The predicted molar refractivity (Wildman–Crippen MR) is 67.0 cm³/mol. The van der Waals surface area contributed by atoms with Crippen LogP contribution in [0.3, 0.4) is 0 Å². The van der Waals surface area contributed by atoms with Gasteiger partial charge in [0.15, 0.2) is 0 Å². The lowest BCUT2D eigenvalue weighted by molar-refractivity contribution is -0.141. The van der Waals surface area contributed by atoms with E-state index in [1.807, 2.05) is 0 Å². The summed E-state index contributed by atoms with van der Waals surface area (Å²) in [7, 11) is 0. The van der Waals surface area contributed by atoms with Crippen molar-refractivity contribution in [3.8, 4) is 0 Å². The first-order valence-corrected chi connectivity index (χ1v) is 6.17. The quantitative estimate of drug-likeness (QED) is 0.842. The third-order valence-corrected chi connectivity index (χ3v) is 3.54. The number of aryl methyl sites for hydroxylation is 2. The van der Waals surface area contributed by atoms with Crippen LogP contribution in [0.5, 0.6) is 0 Å². The van der Waals surface area contributed by atoms with Gasteiger partial charge in [-0.25, -0.2) is 0 Å². The second-order valence-corrected chi connectivity index (χ2v) is 4.79. The van der Waals surface area contributed by atoms with Crippen LogP contribution in [0.4, 0.5) is 0 Å². The monoisotopic (exact) mass is 233 g/mol. The van der Waals surface area contributed by atoms with Crippen LogP contribution in [0.2, 0.25) is 0 Å². The van der Waals surface area contributed by atoms with Gasteiger partial charge in [-0.15, -0.1) is 0 Å². The highest BCUT2D eigenvalue weighted by Crippen LogP contribution is 2.30. The number of carbonyl (C=O) groups is 1. The molecule has 1 aliphatic heterocycles. The highest BCUT2D eigenvalue weighted by molar-refractivity contribution is 5.70. The van der Waals surface area contributed by atoms with Crippen LogP contribution in [-0.2, 0) is 11.2 Å². The van der Waals surface area contributed by atoms with Crippen LogP contribution in [0.1, 0.15) is 36.1 Å². The van der Waals surface area contributed by atoms with Crippen molar-refractivity contribution in [2.24, 2.45) is 5.92 Å². The first kappa shape index (κ1) is 12.1. The van der Waals surface area contributed by atoms with Crippen LogP contribution in [0.15, 0.2) is 18.2 Å². The Hall–Kier alpha value is -1.35. The SMILES string of the molecule is CCc1ccc(C)cc1C1CC(C(=O)O)CN1. The van der Waals surface area contributed by atoms with Crippen molar-refractivity contribution in [1.82, 2.24) is 5.32 Å². The molecule has 92 valence electrons. The van der Waals surface area contributed by atoms with E-state index in [4.69, 9.17) is 5.11 Å². The Balaban J connectivity index is 2.23. The molecule has 17 heavy (non-hydrogen) atoms. The summed E-state index contributed by atoms with van der Waals surface area (Å²) in [6, 6.07) is 6.65. The molecular weight excluding hydrogens is 214 g/mol. The molecule has 0 aliphatic carbocycles. The van der Waals surface area contributed by atoms with E-state index in [1.54, 1.807) is 0 Å². The van der Waals surface area contributed by atoms with Crippen LogP contribution >= 0.6 is 0 Å². The van der Waals surface area contributed by atoms with Gasteiger partial charge < -0.3 is 10.4 Å². The molecule has 2 unspecified atom stereocenters. The van der Waals surface area contributed by atoms with E-state index in [0.29, 0.717) is 13.0 Å². The molecule has 1 fully saturated rings. The molecule has 3 heteroatoms. The second kappa shape index (κ2) is 4.88. The fraction of sp³-hybridized carbons (Fsp3) is 0.500. The summed E-state index contributed by atoms with van der Waals surface area (Å²) in [6.45, 7) is 4.79. The third kappa shape index (κ3) is 2.50. The van der Waals surface area contributed by atoms with Gasteiger partial charge in [0.05, 0.1) is 5.92 Å². The van der Waals surface area contributed by atoms with Gasteiger partial charge in [-0.1, -0.05) is 30.7 Å². The number of carboxylic acid groups (broad SMARTS) is 1.